The molecule has 1 N–H and O–H groups in total. The molecule has 0 aliphatic rings. The average Bonchev–Trinajstić information content (AvgIpc) is 3.17. The molecule has 0 aliphatic carbocycles. The number of benzene rings is 2. The zero-order chi connectivity index (χ0) is 20.5. The molecule has 8 heteroatoms. The largest absolute Gasteiger partial charge is 0.465 e. The van der Waals surface area contributed by atoms with Crippen LogP contribution in [0, 0.1) is 6.92 Å². The maximum atomic E-state index is 12.8. The number of carbonyl (C=O) groups excluding carboxylic acids is 1. The van der Waals surface area contributed by atoms with Crippen molar-refractivity contribution in [3.8, 4) is 0 Å². The van der Waals surface area contributed by atoms with Gasteiger partial charge in [-0.3, -0.25) is 13.8 Å². The van der Waals surface area contributed by atoms with Crippen molar-refractivity contribution in [2.75, 3.05) is 12.4 Å². The van der Waals surface area contributed by atoms with E-state index in [0.29, 0.717) is 35.6 Å². The van der Waals surface area contributed by atoms with Crippen molar-refractivity contribution in [2.45, 2.75) is 26.9 Å². The van der Waals surface area contributed by atoms with Gasteiger partial charge in [-0.25, -0.2) is 4.79 Å². The van der Waals surface area contributed by atoms with Gasteiger partial charge in [0, 0.05) is 12.2 Å². The van der Waals surface area contributed by atoms with E-state index in [1.54, 1.807) is 16.7 Å². The van der Waals surface area contributed by atoms with E-state index in [1.807, 2.05) is 48.6 Å². The van der Waals surface area contributed by atoms with Gasteiger partial charge in [-0.1, -0.05) is 18.2 Å². The smallest absolute Gasteiger partial charge is 0.337 e. The number of methoxy groups -OCH3 is 1. The Morgan fingerprint density at radius 2 is 1.97 bits per heavy atom. The molecule has 0 amide bonds. The van der Waals surface area contributed by atoms with Gasteiger partial charge in [0.1, 0.15) is 0 Å². The van der Waals surface area contributed by atoms with Crippen molar-refractivity contribution in [3.63, 3.8) is 0 Å². The first kappa shape index (κ1) is 18.7. The maximum Gasteiger partial charge on any atom is 0.337 e. The molecule has 0 bridgehead atoms. The van der Waals surface area contributed by atoms with Crippen LogP contribution in [0.3, 0.4) is 0 Å². The fourth-order valence-corrected chi connectivity index (χ4v) is 3.45. The lowest BCUT2D eigenvalue weighted by molar-refractivity contribution is 0.0601. The molecular weight excluding hydrogens is 370 g/mol. The van der Waals surface area contributed by atoms with Crippen LogP contribution in [0.2, 0.25) is 0 Å². The summed E-state index contributed by atoms with van der Waals surface area (Å²) in [6.07, 6.45) is 0. The van der Waals surface area contributed by atoms with Crippen LogP contribution >= 0.6 is 0 Å². The summed E-state index contributed by atoms with van der Waals surface area (Å²) in [6.45, 7) is 4.73. The second kappa shape index (κ2) is 7.38. The maximum absolute atomic E-state index is 12.8. The number of carbonyl (C=O) groups is 1. The number of nitrogens with zero attached hydrogens (tertiary/aromatic N) is 4. The van der Waals surface area contributed by atoms with E-state index >= 15 is 0 Å². The van der Waals surface area contributed by atoms with Gasteiger partial charge in [0.25, 0.3) is 5.56 Å². The number of hydrogen-bond acceptors (Lipinski definition) is 6. The predicted octanol–water partition coefficient (Wildman–Crippen LogP) is 2.77. The van der Waals surface area contributed by atoms with E-state index in [9.17, 15) is 9.59 Å². The molecule has 0 atom stereocenters. The summed E-state index contributed by atoms with van der Waals surface area (Å²) in [5.74, 6) is 0.785. The van der Waals surface area contributed by atoms with Crippen LogP contribution < -0.4 is 10.9 Å². The van der Waals surface area contributed by atoms with E-state index in [4.69, 9.17) is 4.74 Å². The number of para-hydroxylation sites is 1. The molecule has 0 aliphatic heterocycles. The number of fused-ring (bicyclic) bond motifs is 3. The van der Waals surface area contributed by atoms with Gasteiger partial charge in [0.2, 0.25) is 5.78 Å². The summed E-state index contributed by atoms with van der Waals surface area (Å²) < 4.78 is 8.31. The van der Waals surface area contributed by atoms with Crippen LogP contribution in [0.25, 0.3) is 16.7 Å². The van der Waals surface area contributed by atoms with Gasteiger partial charge in [-0.15, -0.1) is 10.2 Å². The zero-order valence-corrected chi connectivity index (χ0v) is 16.5. The number of aryl methyl sites for hydroxylation is 2. The quantitative estimate of drug-likeness (QED) is 0.526. The summed E-state index contributed by atoms with van der Waals surface area (Å²) in [5, 5.41) is 12.5. The summed E-state index contributed by atoms with van der Waals surface area (Å²) in [7, 11) is 1.36. The van der Waals surface area contributed by atoms with Crippen LogP contribution in [0.15, 0.2) is 47.3 Å². The molecule has 0 spiro atoms. The van der Waals surface area contributed by atoms with E-state index in [2.05, 4.69) is 15.5 Å². The Hall–Kier alpha value is -3.68. The van der Waals surface area contributed by atoms with Crippen molar-refractivity contribution in [2.24, 2.45) is 0 Å². The molecule has 2 aromatic heterocycles. The first-order chi connectivity index (χ1) is 14.0. The van der Waals surface area contributed by atoms with Crippen LogP contribution in [-0.2, 0) is 17.8 Å². The van der Waals surface area contributed by atoms with Gasteiger partial charge in [0.05, 0.1) is 30.1 Å². The molecule has 4 rings (SSSR count). The highest BCUT2D eigenvalue weighted by Crippen LogP contribution is 2.20. The monoisotopic (exact) mass is 391 g/mol. The molecule has 0 saturated heterocycles. The summed E-state index contributed by atoms with van der Waals surface area (Å²) in [5.41, 5.74) is 2.94. The van der Waals surface area contributed by atoms with E-state index in [-0.39, 0.29) is 11.5 Å². The third-order valence-corrected chi connectivity index (χ3v) is 4.99. The SMILES string of the molecule is CCn1c(=O)c2ccccc2n2c(CNc3cc(C(=O)OC)ccc3C)nnc12. The van der Waals surface area contributed by atoms with Crippen LogP contribution in [0.5, 0.6) is 0 Å². The molecule has 4 aromatic rings. The van der Waals surface area contributed by atoms with E-state index in [1.165, 1.54) is 7.11 Å². The van der Waals surface area contributed by atoms with Crippen molar-refractivity contribution >= 4 is 28.3 Å². The molecular formula is C21H21N5O3. The minimum Gasteiger partial charge on any atom is -0.465 e. The minimum absolute atomic E-state index is 0.0795. The van der Waals surface area contributed by atoms with Gasteiger partial charge >= 0.3 is 5.97 Å². The van der Waals surface area contributed by atoms with E-state index < -0.39 is 0 Å². The van der Waals surface area contributed by atoms with Gasteiger partial charge in [-0.05, 0) is 43.7 Å². The first-order valence-corrected chi connectivity index (χ1v) is 9.33. The average molecular weight is 391 g/mol. The third-order valence-electron chi connectivity index (χ3n) is 4.99. The molecule has 2 heterocycles. The number of aromatic nitrogens is 4. The second-order valence-electron chi connectivity index (χ2n) is 6.69. The van der Waals surface area contributed by atoms with Gasteiger partial charge in [0.15, 0.2) is 5.82 Å². The Kier molecular flexibility index (Phi) is 4.75. The molecule has 0 unspecified atom stereocenters. The molecule has 0 saturated carbocycles. The number of ether oxygens (including phenoxy) is 1. The lowest BCUT2D eigenvalue weighted by Gasteiger charge is -2.12. The Labute approximate surface area is 166 Å². The summed E-state index contributed by atoms with van der Waals surface area (Å²) >= 11 is 0. The van der Waals surface area contributed by atoms with Crippen molar-refractivity contribution in [1.82, 2.24) is 19.2 Å². The number of anilines is 1. The Balaban J connectivity index is 1.78. The molecule has 2 aromatic carbocycles. The lowest BCUT2D eigenvalue weighted by atomic mass is 10.1. The second-order valence-corrected chi connectivity index (χ2v) is 6.69. The van der Waals surface area contributed by atoms with Gasteiger partial charge < -0.3 is 10.1 Å². The van der Waals surface area contributed by atoms with Crippen molar-refractivity contribution in [1.29, 1.82) is 0 Å². The molecule has 29 heavy (non-hydrogen) atoms. The first-order valence-electron chi connectivity index (χ1n) is 9.33. The van der Waals surface area contributed by atoms with Gasteiger partial charge in [-0.2, -0.15) is 0 Å². The standard InChI is InChI=1S/C21H21N5O3/c1-4-25-19(27)15-7-5-6-8-17(15)26-18(23-24-21(25)26)12-22-16-11-14(20(28)29-3)10-9-13(16)2/h5-11,22H,4,12H2,1-3H3. The fraction of sp³-hybridized carbons (Fsp3) is 0.238. The van der Waals surface area contributed by atoms with E-state index in [0.717, 1.165) is 16.8 Å². The number of nitrogens with one attached hydrogen (secondary N) is 1. The minimum atomic E-state index is -0.390. The van der Waals surface area contributed by atoms with Crippen LogP contribution in [-0.4, -0.2) is 32.2 Å². The summed E-state index contributed by atoms with van der Waals surface area (Å²) in [6, 6.07) is 12.8. The predicted molar refractivity (Wildman–Crippen MR) is 110 cm³/mol. The normalized spacial score (nSPS) is 11.1. The lowest BCUT2D eigenvalue weighted by Crippen LogP contribution is -2.23. The molecule has 0 radical (unpaired) electrons. The topological polar surface area (TPSA) is 90.5 Å². The van der Waals surface area contributed by atoms with Crippen LogP contribution in [0.4, 0.5) is 5.69 Å². The highest BCUT2D eigenvalue weighted by Gasteiger charge is 2.16. The Morgan fingerprint density at radius 3 is 2.72 bits per heavy atom. The molecule has 8 nitrogen and oxygen atoms in total. The summed E-state index contributed by atoms with van der Waals surface area (Å²) in [4.78, 5) is 24.6. The Bertz CT molecular complexity index is 1290. The molecule has 148 valence electrons. The Morgan fingerprint density at radius 1 is 1.17 bits per heavy atom. The van der Waals surface area contributed by atoms with Crippen LogP contribution in [0.1, 0.15) is 28.7 Å². The fourth-order valence-electron chi connectivity index (χ4n) is 3.45. The van der Waals surface area contributed by atoms with Crippen molar-refractivity contribution in [3.05, 3.63) is 69.8 Å². The molecule has 0 fully saturated rings. The van der Waals surface area contributed by atoms with Crippen molar-refractivity contribution < 1.29 is 9.53 Å². The number of hydrogen-bond donors (Lipinski definition) is 1. The third kappa shape index (κ3) is 3.12. The highest BCUT2D eigenvalue weighted by atomic mass is 16.5. The highest BCUT2D eigenvalue weighted by molar-refractivity contribution is 5.90. The zero-order valence-electron chi connectivity index (χ0n) is 16.5. The number of esters is 1. The number of rotatable bonds is 5.